The SMILES string of the molecule is Cc1cc(Cl)ccc1OCCNc1ccc(Cl)cc1. The molecule has 2 aromatic rings. The van der Waals surface area contributed by atoms with Crippen LogP contribution in [0.1, 0.15) is 5.56 Å². The number of halogens is 2. The third-order valence-electron chi connectivity index (χ3n) is 2.67. The molecular weight excluding hydrogens is 281 g/mol. The lowest BCUT2D eigenvalue weighted by Crippen LogP contribution is -2.11. The highest BCUT2D eigenvalue weighted by Crippen LogP contribution is 2.21. The molecule has 0 heterocycles. The van der Waals surface area contributed by atoms with Crippen molar-refractivity contribution in [2.45, 2.75) is 6.92 Å². The fourth-order valence-corrected chi connectivity index (χ4v) is 2.05. The van der Waals surface area contributed by atoms with Crippen LogP contribution < -0.4 is 10.1 Å². The van der Waals surface area contributed by atoms with E-state index in [0.29, 0.717) is 6.61 Å². The molecule has 1 N–H and O–H groups in total. The van der Waals surface area contributed by atoms with Gasteiger partial charge in [-0.25, -0.2) is 0 Å². The number of benzene rings is 2. The highest BCUT2D eigenvalue weighted by atomic mass is 35.5. The molecule has 0 aliphatic heterocycles. The molecule has 0 atom stereocenters. The van der Waals surface area contributed by atoms with Gasteiger partial charge in [-0.1, -0.05) is 23.2 Å². The summed E-state index contributed by atoms with van der Waals surface area (Å²) in [6.45, 7) is 3.29. The van der Waals surface area contributed by atoms with E-state index in [4.69, 9.17) is 27.9 Å². The number of ether oxygens (including phenoxy) is 1. The van der Waals surface area contributed by atoms with Crippen molar-refractivity contribution in [2.75, 3.05) is 18.5 Å². The van der Waals surface area contributed by atoms with E-state index in [1.807, 2.05) is 49.4 Å². The predicted molar refractivity (Wildman–Crippen MR) is 81.6 cm³/mol. The topological polar surface area (TPSA) is 21.3 Å². The number of nitrogens with one attached hydrogen (secondary N) is 1. The zero-order valence-corrected chi connectivity index (χ0v) is 12.1. The van der Waals surface area contributed by atoms with Crippen molar-refractivity contribution >= 4 is 28.9 Å². The van der Waals surface area contributed by atoms with E-state index in [1.54, 1.807) is 0 Å². The summed E-state index contributed by atoms with van der Waals surface area (Å²) in [6, 6.07) is 13.2. The number of hydrogen-bond acceptors (Lipinski definition) is 2. The molecule has 0 spiro atoms. The Bertz CT molecular complexity index is 540. The van der Waals surface area contributed by atoms with Crippen LogP contribution in [0, 0.1) is 6.92 Å². The van der Waals surface area contributed by atoms with Gasteiger partial charge in [0.1, 0.15) is 12.4 Å². The third-order valence-corrected chi connectivity index (χ3v) is 3.16. The number of aryl methyl sites for hydroxylation is 1. The smallest absolute Gasteiger partial charge is 0.122 e. The molecule has 0 aliphatic carbocycles. The lowest BCUT2D eigenvalue weighted by molar-refractivity contribution is 0.330. The van der Waals surface area contributed by atoms with Crippen molar-refractivity contribution < 1.29 is 4.74 Å². The molecule has 19 heavy (non-hydrogen) atoms. The van der Waals surface area contributed by atoms with Gasteiger partial charge in [0.05, 0.1) is 0 Å². The van der Waals surface area contributed by atoms with E-state index >= 15 is 0 Å². The standard InChI is InChI=1S/C15H15Cl2NO/c1-11-10-13(17)4-7-15(11)19-9-8-18-14-5-2-12(16)3-6-14/h2-7,10,18H,8-9H2,1H3. The lowest BCUT2D eigenvalue weighted by atomic mass is 10.2. The maximum atomic E-state index is 5.89. The monoisotopic (exact) mass is 295 g/mol. The van der Waals surface area contributed by atoms with E-state index in [2.05, 4.69) is 5.32 Å². The quantitative estimate of drug-likeness (QED) is 0.801. The molecule has 100 valence electrons. The minimum absolute atomic E-state index is 0.588. The van der Waals surface area contributed by atoms with Crippen LogP contribution in [0.3, 0.4) is 0 Å². The van der Waals surface area contributed by atoms with Gasteiger partial charge < -0.3 is 10.1 Å². The fraction of sp³-hybridized carbons (Fsp3) is 0.200. The molecular formula is C15H15Cl2NO. The Morgan fingerprint density at radius 2 is 1.68 bits per heavy atom. The summed E-state index contributed by atoms with van der Waals surface area (Å²) in [5.74, 6) is 0.863. The second-order valence-corrected chi connectivity index (χ2v) is 5.06. The van der Waals surface area contributed by atoms with Crippen molar-refractivity contribution in [3.8, 4) is 5.75 Å². The molecule has 0 aromatic heterocycles. The first-order chi connectivity index (χ1) is 9.15. The largest absolute Gasteiger partial charge is 0.491 e. The first kappa shape index (κ1) is 14.0. The summed E-state index contributed by atoms with van der Waals surface area (Å²) >= 11 is 11.7. The van der Waals surface area contributed by atoms with Gasteiger partial charge in [-0.3, -0.25) is 0 Å². The van der Waals surface area contributed by atoms with E-state index in [0.717, 1.165) is 33.6 Å². The first-order valence-electron chi connectivity index (χ1n) is 6.03. The zero-order chi connectivity index (χ0) is 13.7. The van der Waals surface area contributed by atoms with E-state index in [9.17, 15) is 0 Å². The lowest BCUT2D eigenvalue weighted by Gasteiger charge is -2.10. The van der Waals surface area contributed by atoms with Crippen molar-refractivity contribution in [1.29, 1.82) is 0 Å². The van der Waals surface area contributed by atoms with Crippen molar-refractivity contribution in [3.05, 3.63) is 58.1 Å². The predicted octanol–water partition coefficient (Wildman–Crippen LogP) is 4.79. The molecule has 0 bridgehead atoms. The summed E-state index contributed by atoms with van der Waals surface area (Å²) in [6.07, 6.45) is 0. The molecule has 0 radical (unpaired) electrons. The zero-order valence-electron chi connectivity index (χ0n) is 10.6. The van der Waals surface area contributed by atoms with E-state index < -0.39 is 0 Å². The molecule has 2 rings (SSSR count). The van der Waals surface area contributed by atoms with Gasteiger partial charge in [0.15, 0.2) is 0 Å². The van der Waals surface area contributed by atoms with Crippen molar-refractivity contribution in [3.63, 3.8) is 0 Å². The van der Waals surface area contributed by atoms with Crippen LogP contribution in [0.15, 0.2) is 42.5 Å². The van der Waals surface area contributed by atoms with Crippen LogP contribution in [0.4, 0.5) is 5.69 Å². The summed E-state index contributed by atoms with van der Waals surface area (Å²) in [5, 5.41) is 4.72. The molecule has 2 aromatic carbocycles. The highest BCUT2D eigenvalue weighted by molar-refractivity contribution is 6.30. The molecule has 0 saturated carbocycles. The minimum atomic E-state index is 0.588. The summed E-state index contributed by atoms with van der Waals surface area (Å²) < 4.78 is 5.69. The summed E-state index contributed by atoms with van der Waals surface area (Å²) in [4.78, 5) is 0. The summed E-state index contributed by atoms with van der Waals surface area (Å²) in [5.41, 5.74) is 2.07. The van der Waals surface area contributed by atoms with E-state index in [1.165, 1.54) is 0 Å². The van der Waals surface area contributed by atoms with Crippen LogP contribution in [-0.4, -0.2) is 13.2 Å². The van der Waals surface area contributed by atoms with Crippen LogP contribution in [0.25, 0.3) is 0 Å². The van der Waals surface area contributed by atoms with Crippen LogP contribution in [0.5, 0.6) is 5.75 Å². The van der Waals surface area contributed by atoms with E-state index in [-0.39, 0.29) is 0 Å². The minimum Gasteiger partial charge on any atom is -0.491 e. The number of anilines is 1. The Hall–Kier alpha value is -1.38. The van der Waals surface area contributed by atoms with Gasteiger partial charge in [-0.05, 0) is 55.0 Å². The molecule has 0 amide bonds. The van der Waals surface area contributed by atoms with Gasteiger partial charge in [0, 0.05) is 22.3 Å². The second kappa shape index (κ2) is 6.69. The van der Waals surface area contributed by atoms with Crippen molar-refractivity contribution in [2.24, 2.45) is 0 Å². The van der Waals surface area contributed by atoms with Crippen LogP contribution in [-0.2, 0) is 0 Å². The van der Waals surface area contributed by atoms with Crippen LogP contribution >= 0.6 is 23.2 Å². The molecule has 0 aliphatic rings. The Labute approximate surface area is 123 Å². The number of rotatable bonds is 5. The van der Waals surface area contributed by atoms with Gasteiger partial charge in [0.25, 0.3) is 0 Å². The molecule has 0 fully saturated rings. The molecule has 2 nitrogen and oxygen atoms in total. The van der Waals surface area contributed by atoms with Crippen molar-refractivity contribution in [1.82, 2.24) is 0 Å². The number of hydrogen-bond donors (Lipinski definition) is 1. The average Bonchev–Trinajstić information content (AvgIpc) is 2.39. The maximum absolute atomic E-state index is 5.89. The Kier molecular flexibility index (Phi) is 4.94. The Morgan fingerprint density at radius 3 is 2.37 bits per heavy atom. The first-order valence-corrected chi connectivity index (χ1v) is 6.79. The second-order valence-electron chi connectivity index (χ2n) is 4.19. The Balaban J connectivity index is 1.79. The highest BCUT2D eigenvalue weighted by Gasteiger charge is 2.00. The fourth-order valence-electron chi connectivity index (χ4n) is 1.70. The van der Waals surface area contributed by atoms with Gasteiger partial charge in [0.2, 0.25) is 0 Å². The maximum Gasteiger partial charge on any atom is 0.122 e. The molecule has 0 unspecified atom stereocenters. The third kappa shape index (κ3) is 4.34. The van der Waals surface area contributed by atoms with Crippen LogP contribution in [0.2, 0.25) is 10.0 Å². The van der Waals surface area contributed by atoms with Gasteiger partial charge in [-0.2, -0.15) is 0 Å². The molecule has 0 saturated heterocycles. The van der Waals surface area contributed by atoms with Gasteiger partial charge in [-0.15, -0.1) is 0 Å². The normalized spacial score (nSPS) is 10.3. The summed E-state index contributed by atoms with van der Waals surface area (Å²) in [7, 11) is 0. The average molecular weight is 296 g/mol. The molecule has 4 heteroatoms. The Morgan fingerprint density at radius 1 is 1.00 bits per heavy atom. The van der Waals surface area contributed by atoms with Gasteiger partial charge >= 0.3 is 0 Å².